The quantitative estimate of drug-likeness (QED) is 0.459. The lowest BCUT2D eigenvalue weighted by Crippen LogP contribution is -2.17. The third kappa shape index (κ3) is 4.31. The lowest BCUT2D eigenvalue weighted by atomic mass is 10.2. The molecule has 0 unspecified atom stereocenters. The average molecular weight is 254 g/mol. The fourth-order valence-corrected chi connectivity index (χ4v) is 1.35. The molecule has 1 N–H and O–H groups in total. The molecule has 1 aromatic carbocycles. The van der Waals surface area contributed by atoms with Crippen LogP contribution in [0.5, 0.6) is 5.75 Å². The van der Waals surface area contributed by atoms with Crippen LogP contribution in [-0.4, -0.2) is 18.6 Å². The second kappa shape index (κ2) is 6.93. The number of methoxy groups -OCH3 is 1. The van der Waals surface area contributed by atoms with Crippen LogP contribution < -0.4 is 10.2 Å². The molecule has 0 bridgehead atoms. The molecular formula is C12H18N2O4. The van der Waals surface area contributed by atoms with Crippen molar-refractivity contribution in [1.82, 2.24) is 5.48 Å². The van der Waals surface area contributed by atoms with Crippen LogP contribution in [0.15, 0.2) is 18.2 Å². The van der Waals surface area contributed by atoms with E-state index in [0.717, 1.165) is 5.56 Å². The molecule has 18 heavy (non-hydrogen) atoms. The summed E-state index contributed by atoms with van der Waals surface area (Å²) in [6, 6.07) is 4.82. The van der Waals surface area contributed by atoms with Crippen LogP contribution in [0.25, 0.3) is 0 Å². The van der Waals surface area contributed by atoms with Crippen LogP contribution in [0, 0.1) is 16.0 Å². The van der Waals surface area contributed by atoms with Crippen molar-refractivity contribution in [1.29, 1.82) is 0 Å². The highest BCUT2D eigenvalue weighted by Gasteiger charge is 2.14. The molecule has 6 nitrogen and oxygen atoms in total. The Balaban J connectivity index is 2.62. The van der Waals surface area contributed by atoms with Crippen molar-refractivity contribution in [3.05, 3.63) is 33.9 Å². The average Bonchev–Trinajstić information content (AvgIpc) is 2.34. The predicted molar refractivity (Wildman–Crippen MR) is 67.3 cm³/mol. The molecule has 0 saturated carbocycles. The van der Waals surface area contributed by atoms with E-state index in [1.807, 2.05) is 13.8 Å². The van der Waals surface area contributed by atoms with E-state index in [1.165, 1.54) is 13.2 Å². The van der Waals surface area contributed by atoms with E-state index in [0.29, 0.717) is 19.1 Å². The minimum Gasteiger partial charge on any atom is -0.490 e. The minimum atomic E-state index is -0.461. The molecule has 0 atom stereocenters. The normalized spacial score (nSPS) is 10.7. The number of rotatable bonds is 7. The summed E-state index contributed by atoms with van der Waals surface area (Å²) < 4.78 is 4.93. The van der Waals surface area contributed by atoms with Gasteiger partial charge in [0, 0.05) is 12.6 Å². The number of benzene rings is 1. The molecule has 0 heterocycles. The maximum absolute atomic E-state index is 10.8. The van der Waals surface area contributed by atoms with Gasteiger partial charge in [-0.3, -0.25) is 10.1 Å². The Morgan fingerprint density at radius 3 is 2.72 bits per heavy atom. The standard InChI is InChI=1S/C12H18N2O4/c1-9(2)8-18-13-7-10-4-5-12(17-3)11(6-10)14(15)16/h4-6,9,13H,7-8H2,1-3H3. The molecule has 0 aromatic heterocycles. The Labute approximate surface area is 106 Å². The first-order valence-electron chi connectivity index (χ1n) is 5.70. The minimum absolute atomic E-state index is 0.0411. The number of nitrogens with one attached hydrogen (secondary N) is 1. The number of hydroxylamine groups is 1. The van der Waals surface area contributed by atoms with Gasteiger partial charge in [-0.1, -0.05) is 19.9 Å². The maximum Gasteiger partial charge on any atom is 0.311 e. The first kappa shape index (κ1) is 14.4. The van der Waals surface area contributed by atoms with Gasteiger partial charge in [-0.2, -0.15) is 5.48 Å². The summed E-state index contributed by atoms with van der Waals surface area (Å²) in [5, 5.41) is 10.8. The molecule has 0 amide bonds. The van der Waals surface area contributed by atoms with Gasteiger partial charge < -0.3 is 9.57 Å². The van der Waals surface area contributed by atoms with Gasteiger partial charge in [0.25, 0.3) is 0 Å². The maximum atomic E-state index is 10.8. The molecule has 100 valence electrons. The molecule has 1 aromatic rings. The number of nitro benzene ring substituents is 1. The molecule has 6 heteroatoms. The van der Waals surface area contributed by atoms with E-state index in [1.54, 1.807) is 12.1 Å². The van der Waals surface area contributed by atoms with E-state index in [2.05, 4.69) is 5.48 Å². The van der Waals surface area contributed by atoms with Crippen LogP contribution in [0.3, 0.4) is 0 Å². The lowest BCUT2D eigenvalue weighted by molar-refractivity contribution is -0.385. The SMILES string of the molecule is COc1ccc(CNOCC(C)C)cc1[N+](=O)[O-]. The van der Waals surface area contributed by atoms with Crippen molar-refractivity contribution in [2.24, 2.45) is 5.92 Å². The van der Waals surface area contributed by atoms with Crippen molar-refractivity contribution >= 4 is 5.69 Å². The van der Waals surface area contributed by atoms with Gasteiger partial charge in [0.05, 0.1) is 18.6 Å². The Morgan fingerprint density at radius 1 is 1.44 bits per heavy atom. The predicted octanol–water partition coefficient (Wildman–Crippen LogP) is 2.28. The van der Waals surface area contributed by atoms with Gasteiger partial charge in [0.1, 0.15) is 0 Å². The van der Waals surface area contributed by atoms with Crippen molar-refractivity contribution in [2.45, 2.75) is 20.4 Å². The highest BCUT2D eigenvalue weighted by atomic mass is 16.6. The van der Waals surface area contributed by atoms with Gasteiger partial charge in [0.2, 0.25) is 0 Å². The van der Waals surface area contributed by atoms with Crippen LogP contribution in [0.1, 0.15) is 19.4 Å². The van der Waals surface area contributed by atoms with Crippen molar-refractivity contribution in [3.63, 3.8) is 0 Å². The molecule has 0 aliphatic carbocycles. The van der Waals surface area contributed by atoms with E-state index >= 15 is 0 Å². The molecule has 0 radical (unpaired) electrons. The van der Waals surface area contributed by atoms with Crippen LogP contribution in [0.4, 0.5) is 5.69 Å². The zero-order chi connectivity index (χ0) is 13.5. The van der Waals surface area contributed by atoms with E-state index in [9.17, 15) is 10.1 Å². The molecule has 0 saturated heterocycles. The summed E-state index contributed by atoms with van der Waals surface area (Å²) in [6.07, 6.45) is 0. The van der Waals surface area contributed by atoms with Crippen LogP contribution >= 0.6 is 0 Å². The molecule has 1 rings (SSSR count). The first-order chi connectivity index (χ1) is 8.54. The zero-order valence-corrected chi connectivity index (χ0v) is 10.8. The molecule has 0 fully saturated rings. The number of ether oxygens (including phenoxy) is 1. The molecular weight excluding hydrogens is 236 g/mol. The summed E-state index contributed by atoms with van der Waals surface area (Å²) in [6.45, 7) is 5.09. The Bertz CT molecular complexity index is 407. The second-order valence-electron chi connectivity index (χ2n) is 4.29. The number of hydrogen-bond acceptors (Lipinski definition) is 5. The van der Waals surface area contributed by atoms with Crippen molar-refractivity contribution in [3.8, 4) is 5.75 Å². The zero-order valence-electron chi connectivity index (χ0n) is 10.8. The highest BCUT2D eigenvalue weighted by molar-refractivity contribution is 5.48. The Hall–Kier alpha value is -1.66. The van der Waals surface area contributed by atoms with Gasteiger partial charge in [-0.25, -0.2) is 0 Å². The van der Waals surface area contributed by atoms with Crippen molar-refractivity contribution < 1.29 is 14.5 Å². The number of nitrogens with zero attached hydrogens (tertiary/aromatic N) is 1. The summed E-state index contributed by atoms with van der Waals surface area (Å²) in [5.41, 5.74) is 3.50. The Morgan fingerprint density at radius 2 is 2.17 bits per heavy atom. The van der Waals surface area contributed by atoms with Crippen LogP contribution in [-0.2, 0) is 11.4 Å². The molecule has 0 spiro atoms. The summed E-state index contributed by atoms with van der Waals surface area (Å²) in [7, 11) is 1.41. The highest BCUT2D eigenvalue weighted by Crippen LogP contribution is 2.27. The summed E-state index contributed by atoms with van der Waals surface area (Å²) in [4.78, 5) is 15.6. The van der Waals surface area contributed by atoms with Crippen molar-refractivity contribution in [2.75, 3.05) is 13.7 Å². The van der Waals surface area contributed by atoms with Gasteiger partial charge >= 0.3 is 5.69 Å². The van der Waals surface area contributed by atoms with E-state index in [4.69, 9.17) is 9.57 Å². The monoisotopic (exact) mass is 254 g/mol. The lowest BCUT2D eigenvalue weighted by Gasteiger charge is -2.08. The Kier molecular flexibility index (Phi) is 5.54. The van der Waals surface area contributed by atoms with E-state index in [-0.39, 0.29) is 11.4 Å². The van der Waals surface area contributed by atoms with Gasteiger partial charge in [-0.15, -0.1) is 0 Å². The summed E-state index contributed by atoms with van der Waals surface area (Å²) >= 11 is 0. The van der Waals surface area contributed by atoms with Gasteiger partial charge in [-0.05, 0) is 17.5 Å². The van der Waals surface area contributed by atoms with Crippen LogP contribution in [0.2, 0.25) is 0 Å². The topological polar surface area (TPSA) is 73.6 Å². The molecule has 0 aliphatic rings. The number of hydrogen-bond donors (Lipinski definition) is 1. The largest absolute Gasteiger partial charge is 0.490 e. The van der Waals surface area contributed by atoms with E-state index < -0.39 is 4.92 Å². The molecule has 0 aliphatic heterocycles. The number of nitro groups is 1. The third-order valence-electron chi connectivity index (χ3n) is 2.23. The first-order valence-corrected chi connectivity index (χ1v) is 5.70. The smallest absolute Gasteiger partial charge is 0.311 e. The summed E-state index contributed by atoms with van der Waals surface area (Å²) in [5.74, 6) is 0.689. The fraction of sp³-hybridized carbons (Fsp3) is 0.500. The second-order valence-corrected chi connectivity index (χ2v) is 4.29. The fourth-order valence-electron chi connectivity index (χ4n) is 1.35. The van der Waals surface area contributed by atoms with Gasteiger partial charge in [0.15, 0.2) is 5.75 Å². The third-order valence-corrected chi connectivity index (χ3v) is 2.23.